The van der Waals surface area contributed by atoms with E-state index in [0.717, 1.165) is 0 Å². The number of hydrogen-bond donors (Lipinski definition) is 4. The Hall–Kier alpha value is -1.41. The summed E-state index contributed by atoms with van der Waals surface area (Å²) in [5.41, 5.74) is 2.42. The third kappa shape index (κ3) is 2.32. The predicted molar refractivity (Wildman–Crippen MR) is 61.2 cm³/mol. The Morgan fingerprint density at radius 3 is 3.00 bits per heavy atom. The number of hydrogen-bond acceptors (Lipinski definition) is 7. The zero-order valence-corrected chi connectivity index (χ0v) is 9.28. The molecule has 3 atom stereocenters. The molecule has 0 amide bonds. The molecule has 0 radical (unpaired) electrons. The van der Waals surface area contributed by atoms with Crippen molar-refractivity contribution in [1.29, 1.82) is 0 Å². The lowest BCUT2D eigenvalue weighted by Crippen LogP contribution is -2.36. The van der Waals surface area contributed by atoms with E-state index in [-0.39, 0.29) is 12.8 Å². The highest BCUT2D eigenvalue weighted by atomic mass is 16.5. The minimum absolute atomic E-state index is 0.208. The van der Waals surface area contributed by atoms with Gasteiger partial charge in [-0.1, -0.05) is 6.58 Å². The molecule has 7 heteroatoms. The smallest absolute Gasteiger partial charge is 0.143 e. The Morgan fingerprint density at radius 1 is 1.71 bits per heavy atom. The Morgan fingerprint density at radius 2 is 2.47 bits per heavy atom. The topological polar surface area (TPSA) is 103 Å². The second-order valence-corrected chi connectivity index (χ2v) is 3.90. The Balaban J connectivity index is 2.04. The van der Waals surface area contributed by atoms with E-state index >= 15 is 0 Å². The lowest BCUT2D eigenvalue weighted by Gasteiger charge is -2.28. The molecule has 2 aliphatic heterocycles. The van der Waals surface area contributed by atoms with E-state index in [1.165, 1.54) is 0 Å². The summed E-state index contributed by atoms with van der Waals surface area (Å²) in [6.07, 6.45) is 2.20. The Bertz CT molecular complexity index is 369. The molecule has 0 bridgehead atoms. The molecule has 0 aliphatic carbocycles. The van der Waals surface area contributed by atoms with Crippen molar-refractivity contribution in [1.82, 2.24) is 10.3 Å². The molecule has 0 aromatic heterocycles. The quantitative estimate of drug-likeness (QED) is 0.350. The molecule has 0 spiro atoms. The summed E-state index contributed by atoms with van der Waals surface area (Å²) in [6.45, 7) is 3.57. The third-order valence-corrected chi connectivity index (χ3v) is 2.78. The summed E-state index contributed by atoms with van der Waals surface area (Å²) in [5.74, 6) is 6.21. The molecule has 94 valence electrons. The van der Waals surface area contributed by atoms with Gasteiger partial charge < -0.3 is 25.3 Å². The number of nitrogens with one attached hydrogen (secondary N) is 1. The van der Waals surface area contributed by atoms with Crippen molar-refractivity contribution in [3.8, 4) is 0 Å². The fourth-order valence-electron chi connectivity index (χ4n) is 1.86. The second kappa shape index (κ2) is 4.84. The SMILES string of the molecule is C=C1N=C(NN)C=CN1[C@H]1CC(O)[C@@H](CO)O1. The van der Waals surface area contributed by atoms with Gasteiger partial charge in [0.15, 0.2) is 0 Å². The number of aliphatic imine (C=N–C) groups is 1. The van der Waals surface area contributed by atoms with Crippen LogP contribution in [-0.4, -0.2) is 46.0 Å². The van der Waals surface area contributed by atoms with Gasteiger partial charge in [-0.3, -0.25) is 0 Å². The van der Waals surface area contributed by atoms with Crippen LogP contribution in [0.15, 0.2) is 29.7 Å². The molecule has 2 aliphatic rings. The van der Waals surface area contributed by atoms with E-state index in [2.05, 4.69) is 17.0 Å². The number of nitrogens with zero attached hydrogens (tertiary/aromatic N) is 2. The fourth-order valence-corrected chi connectivity index (χ4v) is 1.86. The van der Waals surface area contributed by atoms with Gasteiger partial charge in [0.25, 0.3) is 0 Å². The minimum Gasteiger partial charge on any atom is -0.394 e. The van der Waals surface area contributed by atoms with Crippen LogP contribution < -0.4 is 11.3 Å². The summed E-state index contributed by atoms with van der Waals surface area (Å²) in [6, 6.07) is 0. The lowest BCUT2D eigenvalue weighted by molar-refractivity contribution is -0.0562. The molecule has 17 heavy (non-hydrogen) atoms. The predicted octanol–water partition coefficient (Wildman–Crippen LogP) is -1.38. The van der Waals surface area contributed by atoms with Crippen molar-refractivity contribution in [2.24, 2.45) is 10.8 Å². The van der Waals surface area contributed by atoms with Gasteiger partial charge in [-0.25, -0.2) is 10.8 Å². The number of aliphatic hydroxyl groups excluding tert-OH is 2. The van der Waals surface area contributed by atoms with Crippen LogP contribution in [-0.2, 0) is 4.74 Å². The summed E-state index contributed by atoms with van der Waals surface area (Å²) in [7, 11) is 0. The minimum atomic E-state index is -0.677. The first-order chi connectivity index (χ1) is 8.15. The number of nitrogens with two attached hydrogens (primary N) is 1. The first-order valence-electron chi connectivity index (χ1n) is 5.31. The molecule has 0 saturated carbocycles. The summed E-state index contributed by atoms with van der Waals surface area (Å²) in [4.78, 5) is 5.80. The van der Waals surface area contributed by atoms with Gasteiger partial charge in [0.2, 0.25) is 0 Å². The molecule has 1 unspecified atom stereocenters. The molecule has 1 saturated heterocycles. The first kappa shape index (κ1) is 12.1. The van der Waals surface area contributed by atoms with E-state index in [1.54, 1.807) is 17.2 Å². The maximum atomic E-state index is 9.64. The molecule has 2 rings (SSSR count). The van der Waals surface area contributed by atoms with Gasteiger partial charge in [-0.15, -0.1) is 0 Å². The highest BCUT2D eigenvalue weighted by molar-refractivity contribution is 5.93. The van der Waals surface area contributed by atoms with Crippen LogP contribution in [0, 0.1) is 0 Å². The number of hydrazine groups is 1. The van der Waals surface area contributed by atoms with Crippen LogP contribution >= 0.6 is 0 Å². The van der Waals surface area contributed by atoms with Crippen molar-refractivity contribution in [2.75, 3.05) is 6.61 Å². The fraction of sp³-hybridized carbons (Fsp3) is 0.500. The Labute approximate surface area is 98.8 Å². The molecule has 7 nitrogen and oxygen atoms in total. The molecular weight excluding hydrogens is 224 g/mol. The van der Waals surface area contributed by atoms with Crippen molar-refractivity contribution in [3.63, 3.8) is 0 Å². The standard InChI is InChI=1S/C10H16N4O3/c1-6-12-9(13-11)2-3-14(6)10-4-7(16)8(5-15)17-10/h2-3,7-8,10,15-16H,1,4-5,11H2,(H,12,13)/t7?,8-,10-/m1/s1. The number of ether oxygens (including phenoxy) is 1. The average molecular weight is 240 g/mol. The normalized spacial score (nSPS) is 32.9. The van der Waals surface area contributed by atoms with E-state index in [9.17, 15) is 5.11 Å². The third-order valence-electron chi connectivity index (χ3n) is 2.78. The zero-order chi connectivity index (χ0) is 12.4. The highest BCUT2D eigenvalue weighted by Gasteiger charge is 2.37. The first-order valence-corrected chi connectivity index (χ1v) is 5.31. The maximum Gasteiger partial charge on any atom is 0.143 e. The van der Waals surface area contributed by atoms with Crippen molar-refractivity contribution in [2.45, 2.75) is 24.9 Å². The molecule has 5 N–H and O–H groups in total. The molecule has 2 heterocycles. The molecular formula is C10H16N4O3. The van der Waals surface area contributed by atoms with Crippen molar-refractivity contribution in [3.05, 3.63) is 24.7 Å². The van der Waals surface area contributed by atoms with Gasteiger partial charge >= 0.3 is 0 Å². The van der Waals surface area contributed by atoms with Gasteiger partial charge in [-0.05, 0) is 6.08 Å². The second-order valence-electron chi connectivity index (χ2n) is 3.90. The van der Waals surface area contributed by atoms with Crippen LogP contribution in [0.4, 0.5) is 0 Å². The van der Waals surface area contributed by atoms with Gasteiger partial charge in [0.05, 0.1) is 12.7 Å². The molecule has 0 aromatic rings. The summed E-state index contributed by atoms with van der Waals surface area (Å²) in [5, 5.41) is 18.6. The zero-order valence-electron chi connectivity index (χ0n) is 9.28. The van der Waals surface area contributed by atoms with Crippen LogP contribution in [0.3, 0.4) is 0 Å². The van der Waals surface area contributed by atoms with Crippen molar-refractivity contribution >= 4 is 5.84 Å². The van der Waals surface area contributed by atoms with E-state index in [4.69, 9.17) is 15.7 Å². The largest absolute Gasteiger partial charge is 0.394 e. The van der Waals surface area contributed by atoms with E-state index < -0.39 is 12.2 Å². The van der Waals surface area contributed by atoms with Crippen LogP contribution in [0.1, 0.15) is 6.42 Å². The lowest BCUT2D eigenvalue weighted by atomic mass is 10.2. The van der Waals surface area contributed by atoms with Crippen LogP contribution in [0.25, 0.3) is 0 Å². The van der Waals surface area contributed by atoms with Crippen LogP contribution in [0.5, 0.6) is 0 Å². The number of aliphatic hydroxyl groups is 2. The van der Waals surface area contributed by atoms with Gasteiger partial charge in [0, 0.05) is 12.6 Å². The van der Waals surface area contributed by atoms with Gasteiger partial charge in [-0.2, -0.15) is 0 Å². The van der Waals surface area contributed by atoms with Crippen LogP contribution in [0.2, 0.25) is 0 Å². The Kier molecular flexibility index (Phi) is 3.43. The number of amidine groups is 1. The maximum absolute atomic E-state index is 9.64. The van der Waals surface area contributed by atoms with E-state index in [0.29, 0.717) is 18.1 Å². The highest BCUT2D eigenvalue weighted by Crippen LogP contribution is 2.27. The molecule has 1 fully saturated rings. The van der Waals surface area contributed by atoms with Crippen molar-refractivity contribution < 1.29 is 14.9 Å². The average Bonchev–Trinajstić information content (AvgIpc) is 2.70. The summed E-state index contributed by atoms with van der Waals surface area (Å²) >= 11 is 0. The number of rotatable bonds is 2. The van der Waals surface area contributed by atoms with Gasteiger partial charge in [0.1, 0.15) is 24.0 Å². The van der Waals surface area contributed by atoms with E-state index in [1.807, 2.05) is 0 Å². The monoisotopic (exact) mass is 240 g/mol. The molecule has 0 aromatic carbocycles. The summed E-state index contributed by atoms with van der Waals surface area (Å²) < 4.78 is 5.49.